The molecule has 1 unspecified atom stereocenters. The Morgan fingerprint density at radius 3 is 2.22 bits per heavy atom. The third kappa shape index (κ3) is 5.83. The largest absolute Gasteiger partial charge is 0.465 e. The maximum Gasteiger partial charge on any atom is 0.328 e. The van der Waals surface area contributed by atoms with E-state index in [1.807, 2.05) is 27.7 Å². The van der Waals surface area contributed by atoms with Gasteiger partial charge in [-0.1, -0.05) is 13.8 Å². The van der Waals surface area contributed by atoms with Crippen LogP contribution in [0.2, 0.25) is 0 Å². The quantitative estimate of drug-likeness (QED) is 0.646. The molecule has 0 aliphatic carbocycles. The van der Waals surface area contributed by atoms with Gasteiger partial charge in [0.15, 0.2) is 0 Å². The molecule has 0 bridgehead atoms. The van der Waals surface area contributed by atoms with E-state index in [1.165, 1.54) is 0 Å². The zero-order valence-electron chi connectivity index (χ0n) is 12.8. The van der Waals surface area contributed by atoms with E-state index >= 15 is 0 Å². The van der Waals surface area contributed by atoms with Crippen molar-refractivity contribution in [3.05, 3.63) is 0 Å². The summed E-state index contributed by atoms with van der Waals surface area (Å²) in [4.78, 5) is 12.0. The molecule has 0 aliphatic heterocycles. The number of esters is 1. The fraction of sp³-hybridized carbons (Fsp3) is 0.929. The Bertz CT molecular complexity index is 253. The molecule has 0 aromatic heterocycles. The summed E-state index contributed by atoms with van der Waals surface area (Å²) < 4.78 is 11.0. The first kappa shape index (κ1) is 17.4. The molecule has 0 spiro atoms. The molecule has 18 heavy (non-hydrogen) atoms. The molecule has 0 saturated carbocycles. The molecule has 0 aromatic carbocycles. The summed E-state index contributed by atoms with van der Waals surface area (Å²) in [7, 11) is 0. The molecule has 0 rings (SSSR count). The number of carbonyl (C=O) groups is 1. The van der Waals surface area contributed by atoms with Gasteiger partial charge in [-0.2, -0.15) is 0 Å². The van der Waals surface area contributed by atoms with Gasteiger partial charge in [0.1, 0.15) is 5.54 Å². The van der Waals surface area contributed by atoms with Crippen molar-refractivity contribution in [3.8, 4) is 0 Å². The van der Waals surface area contributed by atoms with Crippen LogP contribution in [0.1, 0.15) is 54.4 Å². The Balaban J connectivity index is 4.61. The van der Waals surface area contributed by atoms with Gasteiger partial charge in [0.05, 0.1) is 18.8 Å². The minimum absolute atomic E-state index is 0.221. The van der Waals surface area contributed by atoms with Crippen LogP contribution in [0.3, 0.4) is 0 Å². The summed E-state index contributed by atoms with van der Waals surface area (Å²) in [5, 5.41) is 3.23. The van der Waals surface area contributed by atoms with Gasteiger partial charge in [0.25, 0.3) is 0 Å². The highest BCUT2D eigenvalue weighted by Crippen LogP contribution is 2.18. The molecule has 108 valence electrons. The first-order chi connectivity index (χ1) is 8.31. The first-order valence-electron chi connectivity index (χ1n) is 6.87. The normalized spacial score (nSPS) is 15.2. The molecule has 0 aliphatic rings. The highest BCUT2D eigenvalue weighted by molar-refractivity contribution is 5.80. The van der Waals surface area contributed by atoms with Crippen LogP contribution >= 0.6 is 0 Å². The zero-order valence-corrected chi connectivity index (χ0v) is 12.8. The Kier molecular flexibility index (Phi) is 7.48. The summed E-state index contributed by atoms with van der Waals surface area (Å²) in [6.07, 6.45) is 1.87. The first-order valence-corrected chi connectivity index (χ1v) is 6.87. The maximum atomic E-state index is 12.0. The second-order valence-electron chi connectivity index (χ2n) is 5.38. The fourth-order valence-electron chi connectivity index (χ4n) is 1.32. The molecule has 0 heterocycles. The van der Waals surface area contributed by atoms with Gasteiger partial charge in [0, 0.05) is 0 Å². The lowest BCUT2D eigenvalue weighted by molar-refractivity contribution is -0.156. The Morgan fingerprint density at radius 1 is 1.17 bits per heavy atom. The van der Waals surface area contributed by atoms with Crippen molar-refractivity contribution in [1.29, 1.82) is 0 Å². The second kappa shape index (κ2) is 7.74. The molecule has 0 amide bonds. The predicted octanol–water partition coefficient (Wildman–Crippen LogP) is 2.51. The van der Waals surface area contributed by atoms with Crippen LogP contribution in [0.5, 0.6) is 0 Å². The van der Waals surface area contributed by atoms with E-state index in [0.29, 0.717) is 13.2 Å². The van der Waals surface area contributed by atoms with E-state index in [4.69, 9.17) is 9.47 Å². The minimum Gasteiger partial charge on any atom is -0.465 e. The molecule has 0 aromatic rings. The molecule has 4 heteroatoms. The van der Waals surface area contributed by atoms with Gasteiger partial charge < -0.3 is 14.8 Å². The van der Waals surface area contributed by atoms with Crippen molar-refractivity contribution >= 4 is 5.97 Å². The number of hydrogen-bond donors (Lipinski definition) is 1. The predicted molar refractivity (Wildman–Crippen MR) is 73.7 cm³/mol. The number of carbonyl (C=O) groups excluding carboxylic acids is 1. The number of ether oxygens (including phenoxy) is 2. The molecule has 1 N–H and O–H groups in total. The molecule has 4 nitrogen and oxygen atoms in total. The van der Waals surface area contributed by atoms with Crippen LogP contribution in [-0.2, 0) is 14.3 Å². The average molecular weight is 259 g/mol. The average Bonchev–Trinajstić information content (AvgIpc) is 2.34. The molecule has 1 atom stereocenters. The maximum absolute atomic E-state index is 12.0. The highest BCUT2D eigenvalue weighted by Gasteiger charge is 2.36. The van der Waals surface area contributed by atoms with E-state index < -0.39 is 5.54 Å². The van der Waals surface area contributed by atoms with Gasteiger partial charge in [-0.05, 0) is 47.1 Å². The van der Waals surface area contributed by atoms with Gasteiger partial charge >= 0.3 is 5.97 Å². The third-order valence-corrected chi connectivity index (χ3v) is 3.09. The second-order valence-corrected chi connectivity index (χ2v) is 5.38. The summed E-state index contributed by atoms with van der Waals surface area (Å²) in [6.45, 7) is 13.3. The van der Waals surface area contributed by atoms with Gasteiger partial charge in [0.2, 0.25) is 0 Å². The van der Waals surface area contributed by atoms with Gasteiger partial charge in [-0.15, -0.1) is 0 Å². The Labute approximate surface area is 111 Å². The van der Waals surface area contributed by atoms with Gasteiger partial charge in [-0.3, -0.25) is 0 Å². The lowest BCUT2D eigenvalue weighted by atomic mass is 10.0. The third-order valence-electron chi connectivity index (χ3n) is 3.09. The van der Waals surface area contributed by atoms with Crippen molar-refractivity contribution in [1.82, 2.24) is 5.32 Å². The van der Waals surface area contributed by atoms with Crippen molar-refractivity contribution in [2.24, 2.45) is 0 Å². The van der Waals surface area contributed by atoms with Crippen LogP contribution in [0.4, 0.5) is 0 Å². The fourth-order valence-corrected chi connectivity index (χ4v) is 1.32. The standard InChI is InChI=1S/C14H29NO3/c1-7-10-15-14(6,12(16)17-9-3)11-18-13(4,5)8-2/h15H,7-11H2,1-6H3. The minimum atomic E-state index is -0.765. The van der Waals surface area contributed by atoms with E-state index in [2.05, 4.69) is 19.2 Å². The molecule has 0 fully saturated rings. The van der Waals surface area contributed by atoms with Crippen LogP contribution in [-0.4, -0.2) is 36.9 Å². The van der Waals surface area contributed by atoms with E-state index in [0.717, 1.165) is 19.4 Å². The Morgan fingerprint density at radius 2 is 1.78 bits per heavy atom. The van der Waals surface area contributed by atoms with Crippen LogP contribution < -0.4 is 5.32 Å². The number of hydrogen-bond acceptors (Lipinski definition) is 4. The summed E-state index contributed by atoms with van der Waals surface area (Å²) >= 11 is 0. The Hall–Kier alpha value is -0.610. The number of nitrogens with one attached hydrogen (secondary N) is 1. The van der Waals surface area contributed by atoms with Crippen molar-refractivity contribution in [2.75, 3.05) is 19.8 Å². The molecular formula is C14H29NO3. The highest BCUT2D eigenvalue weighted by atomic mass is 16.5. The van der Waals surface area contributed by atoms with E-state index in [1.54, 1.807) is 0 Å². The smallest absolute Gasteiger partial charge is 0.328 e. The lowest BCUT2D eigenvalue weighted by Gasteiger charge is -2.33. The summed E-state index contributed by atoms with van der Waals surface area (Å²) in [5.41, 5.74) is -0.986. The summed E-state index contributed by atoms with van der Waals surface area (Å²) in [6, 6.07) is 0. The van der Waals surface area contributed by atoms with Crippen molar-refractivity contribution in [3.63, 3.8) is 0 Å². The summed E-state index contributed by atoms with van der Waals surface area (Å²) in [5.74, 6) is -0.245. The zero-order chi connectivity index (χ0) is 14.2. The molecule has 0 saturated heterocycles. The topological polar surface area (TPSA) is 47.6 Å². The monoisotopic (exact) mass is 259 g/mol. The van der Waals surface area contributed by atoms with Crippen molar-refractivity contribution < 1.29 is 14.3 Å². The van der Waals surface area contributed by atoms with Crippen LogP contribution in [0.25, 0.3) is 0 Å². The van der Waals surface area contributed by atoms with E-state index in [9.17, 15) is 4.79 Å². The van der Waals surface area contributed by atoms with E-state index in [-0.39, 0.29) is 11.6 Å². The SMILES string of the molecule is CCCNC(C)(COC(C)(C)CC)C(=O)OCC. The molecular weight excluding hydrogens is 230 g/mol. The van der Waals surface area contributed by atoms with Gasteiger partial charge in [-0.25, -0.2) is 4.79 Å². The lowest BCUT2D eigenvalue weighted by Crippen LogP contribution is -2.55. The molecule has 0 radical (unpaired) electrons. The van der Waals surface area contributed by atoms with Crippen molar-refractivity contribution in [2.45, 2.75) is 65.5 Å². The number of rotatable bonds is 9. The van der Waals surface area contributed by atoms with Crippen LogP contribution in [0, 0.1) is 0 Å². The van der Waals surface area contributed by atoms with Crippen LogP contribution in [0.15, 0.2) is 0 Å².